The van der Waals surface area contributed by atoms with E-state index in [1.54, 1.807) is 0 Å². The molecule has 3 nitrogen and oxygen atoms in total. The zero-order valence-electron chi connectivity index (χ0n) is 11.9. The van der Waals surface area contributed by atoms with Crippen LogP contribution >= 0.6 is 0 Å². The van der Waals surface area contributed by atoms with Crippen LogP contribution in [-0.2, 0) is 13.5 Å². The SMILES string of the molecule is CCCCC1CCC(N)(Cc2ccn(C)n2)CC1. The Morgan fingerprint density at radius 1 is 1.44 bits per heavy atom. The molecule has 3 heteroatoms. The molecule has 1 heterocycles. The molecular weight excluding hydrogens is 222 g/mol. The van der Waals surface area contributed by atoms with E-state index in [0.717, 1.165) is 30.9 Å². The minimum absolute atomic E-state index is 0.00291. The second kappa shape index (κ2) is 5.87. The highest BCUT2D eigenvalue weighted by Gasteiger charge is 2.32. The molecule has 0 radical (unpaired) electrons. The third kappa shape index (κ3) is 3.58. The Balaban J connectivity index is 1.83. The second-order valence-corrected chi connectivity index (χ2v) is 6.11. The Hall–Kier alpha value is -0.830. The van der Waals surface area contributed by atoms with Crippen LogP contribution in [0.25, 0.3) is 0 Å². The maximum absolute atomic E-state index is 6.54. The van der Waals surface area contributed by atoms with E-state index in [9.17, 15) is 0 Å². The normalized spacial score (nSPS) is 28.5. The number of hydrogen-bond donors (Lipinski definition) is 1. The molecule has 102 valence electrons. The number of aromatic nitrogens is 2. The fraction of sp³-hybridized carbons (Fsp3) is 0.800. The maximum Gasteiger partial charge on any atom is 0.0642 e. The van der Waals surface area contributed by atoms with E-state index in [0.29, 0.717) is 0 Å². The minimum Gasteiger partial charge on any atom is -0.325 e. The highest BCUT2D eigenvalue weighted by Crippen LogP contribution is 2.34. The monoisotopic (exact) mass is 249 g/mol. The number of aryl methyl sites for hydroxylation is 1. The van der Waals surface area contributed by atoms with Crippen LogP contribution in [0.2, 0.25) is 0 Å². The van der Waals surface area contributed by atoms with Crippen molar-refractivity contribution in [3.8, 4) is 0 Å². The first kappa shape index (κ1) is 13.6. The molecule has 18 heavy (non-hydrogen) atoms. The van der Waals surface area contributed by atoms with E-state index in [1.807, 2.05) is 17.9 Å². The topological polar surface area (TPSA) is 43.8 Å². The van der Waals surface area contributed by atoms with Crippen molar-refractivity contribution in [1.29, 1.82) is 0 Å². The third-order valence-electron chi connectivity index (χ3n) is 4.37. The van der Waals surface area contributed by atoms with E-state index < -0.39 is 0 Å². The number of hydrogen-bond acceptors (Lipinski definition) is 2. The lowest BCUT2D eigenvalue weighted by molar-refractivity contribution is 0.220. The van der Waals surface area contributed by atoms with Gasteiger partial charge in [-0.15, -0.1) is 0 Å². The Morgan fingerprint density at radius 3 is 2.72 bits per heavy atom. The molecule has 0 atom stereocenters. The smallest absolute Gasteiger partial charge is 0.0642 e. The van der Waals surface area contributed by atoms with E-state index in [1.165, 1.54) is 32.1 Å². The standard InChI is InChI=1S/C15H27N3/c1-3-4-5-13-6-9-15(16,10-7-13)12-14-8-11-18(2)17-14/h8,11,13H,3-7,9-10,12,16H2,1-2H3. The van der Waals surface area contributed by atoms with E-state index in [2.05, 4.69) is 18.1 Å². The van der Waals surface area contributed by atoms with Crippen LogP contribution in [0.1, 0.15) is 57.6 Å². The Kier molecular flexibility index (Phi) is 4.44. The van der Waals surface area contributed by atoms with Gasteiger partial charge in [0.1, 0.15) is 0 Å². The van der Waals surface area contributed by atoms with Crippen LogP contribution in [0, 0.1) is 5.92 Å². The van der Waals surface area contributed by atoms with E-state index in [-0.39, 0.29) is 5.54 Å². The molecular formula is C15H27N3. The Morgan fingerprint density at radius 2 is 2.17 bits per heavy atom. The summed E-state index contributed by atoms with van der Waals surface area (Å²) in [6.45, 7) is 2.27. The summed E-state index contributed by atoms with van der Waals surface area (Å²) in [4.78, 5) is 0. The van der Waals surface area contributed by atoms with Crippen molar-refractivity contribution in [3.05, 3.63) is 18.0 Å². The van der Waals surface area contributed by atoms with Gasteiger partial charge in [0.05, 0.1) is 5.69 Å². The Bertz CT molecular complexity index is 362. The first-order chi connectivity index (χ1) is 8.61. The molecule has 0 unspecified atom stereocenters. The quantitative estimate of drug-likeness (QED) is 0.871. The average Bonchev–Trinajstić information content (AvgIpc) is 2.74. The number of nitrogens with two attached hydrogens (primary N) is 1. The summed E-state index contributed by atoms with van der Waals surface area (Å²) < 4.78 is 1.87. The molecule has 1 aliphatic rings. The number of nitrogens with zero attached hydrogens (tertiary/aromatic N) is 2. The van der Waals surface area contributed by atoms with E-state index in [4.69, 9.17) is 5.73 Å². The largest absolute Gasteiger partial charge is 0.325 e. The summed E-state index contributed by atoms with van der Waals surface area (Å²) in [7, 11) is 1.97. The van der Waals surface area contributed by atoms with Crippen molar-refractivity contribution >= 4 is 0 Å². The van der Waals surface area contributed by atoms with Gasteiger partial charge in [-0.1, -0.05) is 26.2 Å². The van der Waals surface area contributed by atoms with Gasteiger partial charge in [0.15, 0.2) is 0 Å². The summed E-state index contributed by atoms with van der Waals surface area (Å²) in [5.74, 6) is 0.922. The summed E-state index contributed by atoms with van der Waals surface area (Å²) >= 11 is 0. The van der Waals surface area contributed by atoms with Gasteiger partial charge in [0.25, 0.3) is 0 Å². The first-order valence-corrected chi connectivity index (χ1v) is 7.39. The second-order valence-electron chi connectivity index (χ2n) is 6.11. The lowest BCUT2D eigenvalue weighted by Gasteiger charge is -2.37. The fourth-order valence-corrected chi connectivity index (χ4v) is 3.13. The predicted octanol–water partition coefficient (Wildman–Crippen LogP) is 3.04. The molecule has 1 aliphatic carbocycles. The van der Waals surface area contributed by atoms with Gasteiger partial charge in [0, 0.05) is 25.2 Å². The zero-order chi connectivity index (χ0) is 13.0. The molecule has 1 aromatic heterocycles. The lowest BCUT2D eigenvalue weighted by atomic mass is 9.73. The molecule has 1 aromatic rings. The van der Waals surface area contributed by atoms with Crippen molar-refractivity contribution in [2.75, 3.05) is 0 Å². The van der Waals surface area contributed by atoms with Gasteiger partial charge in [-0.05, 0) is 37.7 Å². The molecule has 2 rings (SSSR count). The van der Waals surface area contributed by atoms with E-state index >= 15 is 0 Å². The van der Waals surface area contributed by atoms with Crippen molar-refractivity contribution in [1.82, 2.24) is 9.78 Å². The van der Waals surface area contributed by atoms with Crippen LogP contribution in [-0.4, -0.2) is 15.3 Å². The lowest BCUT2D eigenvalue weighted by Crippen LogP contribution is -2.45. The van der Waals surface area contributed by atoms with Gasteiger partial charge >= 0.3 is 0 Å². The predicted molar refractivity (Wildman–Crippen MR) is 75.3 cm³/mol. The highest BCUT2D eigenvalue weighted by atomic mass is 15.2. The average molecular weight is 249 g/mol. The molecule has 0 amide bonds. The summed E-state index contributed by atoms with van der Waals surface area (Å²) in [6, 6.07) is 2.10. The van der Waals surface area contributed by atoms with Crippen molar-refractivity contribution < 1.29 is 0 Å². The Labute approximate surface area is 111 Å². The molecule has 0 aromatic carbocycles. The molecule has 0 bridgehead atoms. The van der Waals surface area contributed by atoms with Gasteiger partial charge in [-0.25, -0.2) is 0 Å². The first-order valence-electron chi connectivity index (χ1n) is 7.39. The van der Waals surface area contributed by atoms with Gasteiger partial charge in [-0.3, -0.25) is 4.68 Å². The van der Waals surface area contributed by atoms with Crippen LogP contribution in [0.5, 0.6) is 0 Å². The summed E-state index contributed by atoms with van der Waals surface area (Å²) in [5.41, 5.74) is 7.68. The van der Waals surface area contributed by atoms with Gasteiger partial charge in [-0.2, -0.15) is 5.10 Å². The molecule has 0 spiro atoms. The summed E-state index contributed by atoms with van der Waals surface area (Å²) in [5, 5.41) is 4.46. The molecule has 0 aliphatic heterocycles. The number of unbranched alkanes of at least 4 members (excludes halogenated alkanes) is 1. The van der Waals surface area contributed by atoms with Crippen LogP contribution in [0.4, 0.5) is 0 Å². The van der Waals surface area contributed by atoms with Crippen LogP contribution < -0.4 is 5.73 Å². The van der Waals surface area contributed by atoms with Crippen molar-refractivity contribution in [2.45, 2.75) is 63.8 Å². The van der Waals surface area contributed by atoms with Crippen LogP contribution in [0.15, 0.2) is 12.3 Å². The maximum atomic E-state index is 6.54. The minimum atomic E-state index is -0.00291. The fourth-order valence-electron chi connectivity index (χ4n) is 3.13. The molecule has 1 fully saturated rings. The van der Waals surface area contributed by atoms with Crippen molar-refractivity contribution in [2.24, 2.45) is 18.7 Å². The molecule has 1 saturated carbocycles. The highest BCUT2D eigenvalue weighted by molar-refractivity contribution is 5.06. The van der Waals surface area contributed by atoms with Crippen LogP contribution in [0.3, 0.4) is 0 Å². The van der Waals surface area contributed by atoms with Crippen molar-refractivity contribution in [3.63, 3.8) is 0 Å². The van der Waals surface area contributed by atoms with Gasteiger partial charge < -0.3 is 5.73 Å². The third-order valence-corrected chi connectivity index (χ3v) is 4.37. The zero-order valence-corrected chi connectivity index (χ0v) is 11.9. The molecule has 2 N–H and O–H groups in total. The molecule has 0 saturated heterocycles. The summed E-state index contributed by atoms with van der Waals surface area (Å²) in [6.07, 6.45) is 12.0. The van der Waals surface area contributed by atoms with Gasteiger partial charge in [0.2, 0.25) is 0 Å². The number of rotatable bonds is 5.